The first kappa shape index (κ1) is 64.4. The number of hydrogen-bond acceptors (Lipinski definition) is 21. The minimum Gasteiger partial charge on any atom is -0.497 e. The zero-order valence-corrected chi connectivity index (χ0v) is 52.5. The van der Waals surface area contributed by atoms with Crippen LogP contribution in [0.3, 0.4) is 0 Å². The second-order valence-electron chi connectivity index (χ2n) is 22.0. The summed E-state index contributed by atoms with van der Waals surface area (Å²) in [6.07, 6.45) is -6.79. The molecule has 92 heavy (non-hydrogen) atoms. The molecule has 2 amide bonds. The van der Waals surface area contributed by atoms with Gasteiger partial charge in [-0.3, -0.25) is 47.9 Å². The molecule has 11 rings (SSSR count). The van der Waals surface area contributed by atoms with Crippen molar-refractivity contribution in [2.24, 2.45) is 11.8 Å². The Hall–Kier alpha value is -9.15. The molecule has 4 N–H and O–H groups in total. The summed E-state index contributed by atoms with van der Waals surface area (Å²) >= 11 is 5.91. The van der Waals surface area contributed by atoms with Crippen LogP contribution in [0.15, 0.2) is 163 Å². The number of esters is 2. The number of rotatable bonds is 24. The van der Waals surface area contributed by atoms with Gasteiger partial charge in [0, 0.05) is 18.2 Å². The molecular weight excluding hydrogens is 1230 g/mol. The molecule has 0 aliphatic carbocycles. The number of benzene rings is 5. The van der Waals surface area contributed by atoms with Crippen molar-refractivity contribution in [2.45, 2.75) is 82.4 Å². The molecule has 0 spiro atoms. The number of imidazole rings is 2. The standard InChI is InChI=1S/C64H65N10O16PS/c1-36(2)61(78)88-49-46(87-60(52(49)89-62(79)37(3)4)74-35-68-48-55(74)70-63(72-58(48)77)71-57(76)39-19-13-9-14-20-39)32-85-91(80,92)90-50-45(86-59(51(50)83-7)73-34-67-47-53(65-33-66-54(47)73)69-56(75)38-17-11-8-12-18-38)31-84-64(40-21-15-10-16-22-40,41-23-27-43(81-5)28-24-41)42-25-29-44(82-6)30-26-42/h8-30,33-37,45-46,49-52,59-60H,31-32H2,1-7H3,(H,80,92)(H,65,66,69,75)(H2,70,71,72,76,77)/t45-,46-,49-,50-,51-,52-,59-,60-,91-/m1/s1. The maximum absolute atomic E-state index is 13.7. The van der Waals surface area contributed by atoms with E-state index in [4.69, 9.17) is 58.7 Å². The molecule has 5 aromatic carbocycles. The van der Waals surface area contributed by atoms with Crippen molar-refractivity contribution in [3.05, 3.63) is 197 Å². The molecule has 0 radical (unpaired) electrons. The van der Waals surface area contributed by atoms with E-state index in [1.807, 2.05) is 78.9 Å². The van der Waals surface area contributed by atoms with E-state index in [0.717, 1.165) is 0 Å². The highest BCUT2D eigenvalue weighted by Gasteiger charge is 2.54. The second-order valence-corrected chi connectivity index (χ2v) is 24.8. The summed E-state index contributed by atoms with van der Waals surface area (Å²) in [6.45, 7) is 0.829. The number of carbonyl (C=O) groups is 4. The van der Waals surface area contributed by atoms with E-state index in [1.165, 1.54) is 30.7 Å². The summed E-state index contributed by atoms with van der Waals surface area (Å²) in [6, 6.07) is 41.1. The zero-order valence-electron chi connectivity index (χ0n) is 50.8. The van der Waals surface area contributed by atoms with Crippen molar-refractivity contribution < 1.29 is 71.0 Å². The van der Waals surface area contributed by atoms with Crippen LogP contribution in [0.5, 0.6) is 11.5 Å². The topological polar surface area (TPSA) is 312 Å². The Labute approximate surface area is 531 Å². The molecule has 2 fully saturated rings. The maximum atomic E-state index is 13.7. The first-order chi connectivity index (χ1) is 44.4. The molecule has 2 aliphatic rings. The molecule has 0 unspecified atom stereocenters. The van der Waals surface area contributed by atoms with Crippen LogP contribution in [0.2, 0.25) is 0 Å². The SMILES string of the molecule is COc1ccc(C(OC[C@H]2O[C@@H](n3cnc4c(NC(=O)c5ccccc5)ncnc43)[C@H](OC)[C@@H]2O[P@](O)(=S)OC[C@H]2O[C@@H](n3cnc4c(=O)[nH]c(NC(=O)c5ccccc5)nc43)[C@H](OC(=O)C(C)C)[C@@H]2OC(=O)C(C)C)(c2ccccc2)c2ccc(OC)cc2)cc1. The number of amides is 2. The number of nitrogens with one attached hydrogen (secondary N) is 3. The first-order valence-electron chi connectivity index (χ1n) is 29.2. The quantitative estimate of drug-likeness (QED) is 0.0252. The van der Waals surface area contributed by atoms with Crippen LogP contribution in [-0.4, -0.2) is 139 Å². The van der Waals surface area contributed by atoms with Gasteiger partial charge in [-0.15, -0.1) is 0 Å². The number of methoxy groups -OCH3 is 3. The molecule has 2 saturated heterocycles. The molecule has 0 bridgehead atoms. The van der Waals surface area contributed by atoms with Gasteiger partial charge in [-0.1, -0.05) is 119 Å². The van der Waals surface area contributed by atoms with Gasteiger partial charge < -0.3 is 52.6 Å². The lowest BCUT2D eigenvalue weighted by molar-refractivity contribution is -0.172. The summed E-state index contributed by atoms with van der Waals surface area (Å²) < 4.78 is 66.4. The number of carbonyl (C=O) groups excluding carboxylic acids is 4. The van der Waals surface area contributed by atoms with Gasteiger partial charge in [0.25, 0.3) is 17.4 Å². The number of H-pyrrole nitrogens is 1. The normalized spacial score (nSPS) is 20.5. The summed E-state index contributed by atoms with van der Waals surface area (Å²) in [5, 5.41) is 5.43. The second kappa shape index (κ2) is 27.8. The maximum Gasteiger partial charge on any atom is 0.325 e. The fraction of sp³-hybridized carbons (Fsp3) is 0.312. The van der Waals surface area contributed by atoms with Crippen LogP contribution in [-0.2, 0) is 64.5 Å². The molecule has 6 heterocycles. The van der Waals surface area contributed by atoms with Crippen LogP contribution in [0.1, 0.15) is 77.6 Å². The number of hydrogen-bond donors (Lipinski definition) is 4. The van der Waals surface area contributed by atoms with Gasteiger partial charge in [-0.25, -0.2) is 19.9 Å². The Kier molecular flexibility index (Phi) is 19.4. The first-order valence-corrected chi connectivity index (χ1v) is 31.8. The fourth-order valence-electron chi connectivity index (χ4n) is 10.8. The highest BCUT2D eigenvalue weighted by atomic mass is 32.5. The Balaban J connectivity index is 0.953. The Morgan fingerprint density at radius 2 is 1.12 bits per heavy atom. The van der Waals surface area contributed by atoms with E-state index >= 15 is 0 Å². The summed E-state index contributed by atoms with van der Waals surface area (Å²) in [5.74, 6) is -2.82. The van der Waals surface area contributed by atoms with Crippen LogP contribution in [0.25, 0.3) is 22.3 Å². The molecule has 28 heteroatoms. The van der Waals surface area contributed by atoms with Crippen molar-refractivity contribution in [1.82, 2.24) is 39.0 Å². The predicted octanol–water partition coefficient (Wildman–Crippen LogP) is 8.05. The largest absolute Gasteiger partial charge is 0.497 e. The Morgan fingerprint density at radius 3 is 1.67 bits per heavy atom. The van der Waals surface area contributed by atoms with Crippen molar-refractivity contribution in [3.63, 3.8) is 0 Å². The third kappa shape index (κ3) is 13.4. The van der Waals surface area contributed by atoms with Gasteiger partial charge in [-0.05, 0) is 77.0 Å². The van der Waals surface area contributed by atoms with E-state index in [-0.39, 0.29) is 46.3 Å². The summed E-state index contributed by atoms with van der Waals surface area (Å²) in [5.41, 5.74) is 0.716. The molecule has 9 atom stereocenters. The van der Waals surface area contributed by atoms with Gasteiger partial charge >= 0.3 is 18.7 Å². The fourth-order valence-corrected chi connectivity index (χ4v) is 12.2. The number of nitrogens with zero attached hydrogens (tertiary/aromatic N) is 7. The van der Waals surface area contributed by atoms with Crippen LogP contribution in [0.4, 0.5) is 11.8 Å². The van der Waals surface area contributed by atoms with Gasteiger partial charge in [0.1, 0.15) is 47.8 Å². The predicted molar refractivity (Wildman–Crippen MR) is 336 cm³/mol. The molecular formula is C64H65N10O16PS. The van der Waals surface area contributed by atoms with Crippen molar-refractivity contribution in [2.75, 3.05) is 45.2 Å². The third-order valence-electron chi connectivity index (χ3n) is 15.5. The lowest BCUT2D eigenvalue weighted by atomic mass is 9.80. The number of aromatic amines is 1. The molecule has 26 nitrogen and oxygen atoms in total. The summed E-state index contributed by atoms with van der Waals surface area (Å²) in [7, 11) is 4.55. The monoisotopic (exact) mass is 1290 g/mol. The van der Waals surface area contributed by atoms with E-state index < -0.39 is 109 Å². The lowest BCUT2D eigenvalue weighted by Crippen LogP contribution is -2.42. The van der Waals surface area contributed by atoms with Crippen LogP contribution < -0.4 is 25.7 Å². The zero-order chi connectivity index (χ0) is 64.8. The molecule has 0 saturated carbocycles. The Bertz CT molecular complexity index is 4150. The van der Waals surface area contributed by atoms with Gasteiger partial charge in [-0.2, -0.15) is 4.98 Å². The lowest BCUT2D eigenvalue weighted by Gasteiger charge is -2.37. The number of aromatic nitrogens is 8. The average molecular weight is 1290 g/mol. The molecule has 478 valence electrons. The van der Waals surface area contributed by atoms with Crippen molar-refractivity contribution in [3.8, 4) is 11.5 Å². The van der Waals surface area contributed by atoms with Gasteiger partial charge in [0.05, 0.1) is 51.9 Å². The molecule has 2 aliphatic heterocycles. The average Bonchev–Trinajstić information content (AvgIpc) is 1.37. The van der Waals surface area contributed by atoms with Gasteiger partial charge in [0.15, 0.2) is 52.8 Å². The van der Waals surface area contributed by atoms with Crippen LogP contribution in [0, 0.1) is 11.8 Å². The third-order valence-corrected chi connectivity index (χ3v) is 17.0. The van der Waals surface area contributed by atoms with E-state index in [2.05, 4.69) is 40.5 Å². The highest BCUT2D eigenvalue weighted by Crippen LogP contribution is 2.52. The minimum absolute atomic E-state index is 0.103. The van der Waals surface area contributed by atoms with E-state index in [1.54, 1.807) is 107 Å². The van der Waals surface area contributed by atoms with E-state index in [0.29, 0.717) is 33.8 Å². The Morgan fingerprint density at radius 1 is 0.620 bits per heavy atom. The van der Waals surface area contributed by atoms with Crippen molar-refractivity contribution >= 4 is 76.4 Å². The number of fused-ring (bicyclic) bond motifs is 2. The van der Waals surface area contributed by atoms with Gasteiger partial charge in [0.2, 0.25) is 5.95 Å². The highest BCUT2D eigenvalue weighted by molar-refractivity contribution is 8.07. The minimum atomic E-state index is -4.61. The number of ether oxygens (including phenoxy) is 8. The summed E-state index contributed by atoms with van der Waals surface area (Å²) in [4.78, 5) is 105. The van der Waals surface area contributed by atoms with Crippen LogP contribution >= 0.6 is 6.72 Å². The number of anilines is 2. The van der Waals surface area contributed by atoms with E-state index in [9.17, 15) is 28.9 Å². The molecule has 4 aromatic heterocycles. The smallest absolute Gasteiger partial charge is 0.325 e. The molecule has 9 aromatic rings. The van der Waals surface area contributed by atoms with Crippen molar-refractivity contribution in [1.29, 1.82) is 0 Å².